The van der Waals surface area contributed by atoms with Crippen LogP contribution >= 0.6 is 0 Å². The lowest BCUT2D eigenvalue weighted by Crippen LogP contribution is -1.95. The van der Waals surface area contributed by atoms with Gasteiger partial charge in [0.25, 0.3) is 0 Å². The van der Waals surface area contributed by atoms with Crippen molar-refractivity contribution in [3.8, 4) is 5.75 Å². The standard InChI is InChI=1S/C12H17NO/c1-10-9-11(5-3-4-8-13)6-7-12(10)14-2/h3,5-7,9H,4,8,13H2,1-2H3/b5-3+. The molecule has 0 atom stereocenters. The Hall–Kier alpha value is -1.28. The Morgan fingerprint density at radius 2 is 2.21 bits per heavy atom. The van der Waals surface area contributed by atoms with Crippen molar-refractivity contribution < 1.29 is 4.74 Å². The van der Waals surface area contributed by atoms with E-state index in [0.29, 0.717) is 6.54 Å². The molecule has 76 valence electrons. The summed E-state index contributed by atoms with van der Waals surface area (Å²) in [5.41, 5.74) is 7.74. The molecular formula is C12H17NO. The van der Waals surface area contributed by atoms with Crippen molar-refractivity contribution in [3.05, 3.63) is 35.4 Å². The van der Waals surface area contributed by atoms with E-state index in [1.54, 1.807) is 7.11 Å². The van der Waals surface area contributed by atoms with Crippen LogP contribution in [0.2, 0.25) is 0 Å². The van der Waals surface area contributed by atoms with Gasteiger partial charge in [0.15, 0.2) is 0 Å². The molecule has 0 aliphatic heterocycles. The van der Waals surface area contributed by atoms with E-state index in [0.717, 1.165) is 17.7 Å². The predicted octanol–water partition coefficient (Wildman–Crippen LogP) is 2.37. The Labute approximate surface area is 85.4 Å². The monoisotopic (exact) mass is 191 g/mol. The van der Waals surface area contributed by atoms with Crippen molar-refractivity contribution in [1.82, 2.24) is 0 Å². The third-order valence-electron chi connectivity index (χ3n) is 2.06. The molecule has 0 amide bonds. The molecule has 0 aliphatic rings. The Kier molecular flexibility index (Phi) is 4.20. The van der Waals surface area contributed by atoms with Crippen molar-refractivity contribution in [1.29, 1.82) is 0 Å². The molecule has 14 heavy (non-hydrogen) atoms. The van der Waals surface area contributed by atoms with Gasteiger partial charge in [-0.05, 0) is 43.1 Å². The summed E-state index contributed by atoms with van der Waals surface area (Å²) >= 11 is 0. The fourth-order valence-corrected chi connectivity index (χ4v) is 1.32. The van der Waals surface area contributed by atoms with E-state index in [-0.39, 0.29) is 0 Å². The average molecular weight is 191 g/mol. The SMILES string of the molecule is COc1ccc(/C=C/CCN)cc1C. The lowest BCUT2D eigenvalue weighted by molar-refractivity contribution is 0.411. The lowest BCUT2D eigenvalue weighted by atomic mass is 10.1. The number of benzene rings is 1. The highest BCUT2D eigenvalue weighted by atomic mass is 16.5. The zero-order chi connectivity index (χ0) is 10.4. The fraction of sp³-hybridized carbons (Fsp3) is 0.333. The first kappa shape index (κ1) is 10.8. The van der Waals surface area contributed by atoms with E-state index in [2.05, 4.69) is 18.2 Å². The first-order valence-corrected chi connectivity index (χ1v) is 4.79. The van der Waals surface area contributed by atoms with Gasteiger partial charge in [-0.2, -0.15) is 0 Å². The molecule has 1 aromatic carbocycles. The highest BCUT2D eigenvalue weighted by molar-refractivity contribution is 5.53. The predicted molar refractivity (Wildman–Crippen MR) is 60.4 cm³/mol. The summed E-state index contributed by atoms with van der Waals surface area (Å²) in [5.74, 6) is 0.931. The van der Waals surface area contributed by atoms with Gasteiger partial charge in [0, 0.05) is 0 Å². The highest BCUT2D eigenvalue weighted by Crippen LogP contribution is 2.19. The number of rotatable bonds is 4. The van der Waals surface area contributed by atoms with Crippen molar-refractivity contribution in [2.75, 3.05) is 13.7 Å². The summed E-state index contributed by atoms with van der Waals surface area (Å²) < 4.78 is 5.18. The summed E-state index contributed by atoms with van der Waals surface area (Å²) in [6, 6.07) is 6.13. The average Bonchev–Trinajstić information content (AvgIpc) is 2.18. The van der Waals surface area contributed by atoms with Crippen LogP contribution in [0.1, 0.15) is 17.5 Å². The van der Waals surface area contributed by atoms with Crippen LogP contribution in [0.5, 0.6) is 5.75 Å². The van der Waals surface area contributed by atoms with E-state index in [1.165, 1.54) is 5.56 Å². The molecule has 0 radical (unpaired) electrons. The third kappa shape index (κ3) is 2.89. The highest BCUT2D eigenvalue weighted by Gasteiger charge is 1.96. The number of ether oxygens (including phenoxy) is 1. The molecule has 2 heteroatoms. The van der Waals surface area contributed by atoms with Gasteiger partial charge in [-0.1, -0.05) is 18.2 Å². The normalized spacial score (nSPS) is 10.8. The minimum Gasteiger partial charge on any atom is -0.496 e. The molecule has 0 aliphatic carbocycles. The molecule has 0 bridgehead atoms. The van der Waals surface area contributed by atoms with Crippen LogP contribution in [0.15, 0.2) is 24.3 Å². The summed E-state index contributed by atoms with van der Waals surface area (Å²) in [6.45, 7) is 2.74. The van der Waals surface area contributed by atoms with Gasteiger partial charge < -0.3 is 10.5 Å². The van der Waals surface area contributed by atoms with Gasteiger partial charge in [-0.25, -0.2) is 0 Å². The first-order chi connectivity index (χ1) is 6.77. The number of nitrogens with two attached hydrogens (primary N) is 1. The van der Waals surface area contributed by atoms with Gasteiger partial charge in [0.05, 0.1) is 7.11 Å². The molecule has 2 N–H and O–H groups in total. The maximum atomic E-state index is 5.40. The second-order valence-corrected chi connectivity index (χ2v) is 3.21. The van der Waals surface area contributed by atoms with Crippen LogP contribution in [0, 0.1) is 6.92 Å². The molecule has 0 heterocycles. The molecule has 0 saturated carbocycles. The first-order valence-electron chi connectivity index (χ1n) is 4.79. The number of hydrogen-bond donors (Lipinski definition) is 1. The number of methoxy groups -OCH3 is 1. The Bertz CT molecular complexity index is 318. The second-order valence-electron chi connectivity index (χ2n) is 3.21. The van der Waals surface area contributed by atoms with Gasteiger partial charge in [0.1, 0.15) is 5.75 Å². The Balaban J connectivity index is 2.76. The van der Waals surface area contributed by atoms with Gasteiger partial charge in [0.2, 0.25) is 0 Å². The molecular weight excluding hydrogens is 174 g/mol. The maximum Gasteiger partial charge on any atom is 0.121 e. The van der Waals surface area contributed by atoms with E-state index in [4.69, 9.17) is 10.5 Å². The summed E-state index contributed by atoms with van der Waals surface area (Å²) in [6.07, 6.45) is 5.09. The van der Waals surface area contributed by atoms with Crippen LogP contribution in [-0.4, -0.2) is 13.7 Å². The molecule has 0 unspecified atom stereocenters. The van der Waals surface area contributed by atoms with Gasteiger partial charge in [-0.3, -0.25) is 0 Å². The molecule has 0 spiro atoms. The third-order valence-corrected chi connectivity index (χ3v) is 2.06. The molecule has 0 fully saturated rings. The van der Waals surface area contributed by atoms with Crippen LogP contribution in [0.4, 0.5) is 0 Å². The molecule has 1 aromatic rings. The molecule has 2 nitrogen and oxygen atoms in total. The Morgan fingerprint density at radius 1 is 1.43 bits per heavy atom. The molecule has 0 aromatic heterocycles. The van der Waals surface area contributed by atoms with Crippen molar-refractivity contribution >= 4 is 6.08 Å². The summed E-state index contributed by atoms with van der Waals surface area (Å²) in [4.78, 5) is 0. The molecule has 0 saturated heterocycles. The zero-order valence-corrected chi connectivity index (χ0v) is 8.79. The van der Waals surface area contributed by atoms with Crippen LogP contribution in [-0.2, 0) is 0 Å². The smallest absolute Gasteiger partial charge is 0.121 e. The summed E-state index contributed by atoms with van der Waals surface area (Å²) in [7, 11) is 1.69. The van der Waals surface area contributed by atoms with Crippen LogP contribution < -0.4 is 10.5 Å². The lowest BCUT2D eigenvalue weighted by Gasteiger charge is -2.04. The second kappa shape index (κ2) is 5.45. The van der Waals surface area contributed by atoms with Crippen LogP contribution in [0.3, 0.4) is 0 Å². The van der Waals surface area contributed by atoms with Crippen molar-refractivity contribution in [3.63, 3.8) is 0 Å². The zero-order valence-electron chi connectivity index (χ0n) is 8.79. The van der Waals surface area contributed by atoms with E-state index in [1.807, 2.05) is 19.1 Å². The van der Waals surface area contributed by atoms with Gasteiger partial charge >= 0.3 is 0 Å². The molecule has 1 rings (SSSR count). The maximum absolute atomic E-state index is 5.40. The van der Waals surface area contributed by atoms with E-state index in [9.17, 15) is 0 Å². The van der Waals surface area contributed by atoms with Crippen LogP contribution in [0.25, 0.3) is 6.08 Å². The van der Waals surface area contributed by atoms with Crippen molar-refractivity contribution in [2.24, 2.45) is 5.73 Å². The number of aryl methyl sites for hydroxylation is 1. The minimum absolute atomic E-state index is 0.700. The van der Waals surface area contributed by atoms with E-state index < -0.39 is 0 Å². The largest absolute Gasteiger partial charge is 0.496 e. The van der Waals surface area contributed by atoms with E-state index >= 15 is 0 Å². The van der Waals surface area contributed by atoms with Gasteiger partial charge in [-0.15, -0.1) is 0 Å². The summed E-state index contributed by atoms with van der Waals surface area (Å²) in [5, 5.41) is 0. The quantitative estimate of drug-likeness (QED) is 0.793. The topological polar surface area (TPSA) is 35.2 Å². The van der Waals surface area contributed by atoms with Crippen molar-refractivity contribution in [2.45, 2.75) is 13.3 Å². The fourth-order valence-electron chi connectivity index (χ4n) is 1.32. The number of hydrogen-bond acceptors (Lipinski definition) is 2. The minimum atomic E-state index is 0.700. The Morgan fingerprint density at radius 3 is 2.79 bits per heavy atom.